The molecule has 0 fully saturated rings. The molecule has 0 unspecified atom stereocenters. The summed E-state index contributed by atoms with van der Waals surface area (Å²) in [7, 11) is -0.758. The van der Waals surface area contributed by atoms with Gasteiger partial charge in [-0.3, -0.25) is 4.79 Å². The zero-order valence-electron chi connectivity index (χ0n) is 14.7. The van der Waals surface area contributed by atoms with Crippen molar-refractivity contribution in [1.29, 1.82) is 0 Å². The van der Waals surface area contributed by atoms with Crippen LogP contribution in [0.3, 0.4) is 0 Å². The lowest BCUT2D eigenvalue weighted by Gasteiger charge is -2.13. The Kier molecular flexibility index (Phi) is 8.81. The van der Waals surface area contributed by atoms with Crippen molar-refractivity contribution in [3.05, 3.63) is 23.8 Å². The molecule has 0 bridgehead atoms. The number of hydrogen-bond acceptors (Lipinski definition) is 5. The number of unbranched alkanes of at least 4 members (excludes halogenated alkanes) is 2. The molecule has 0 aromatic heterocycles. The molecule has 0 saturated carbocycles. The molecule has 0 aliphatic carbocycles. The van der Waals surface area contributed by atoms with Crippen LogP contribution in [0.5, 0.6) is 0 Å². The average Bonchev–Trinajstić information content (AvgIpc) is 2.59. The molecule has 0 spiro atoms. The van der Waals surface area contributed by atoms with E-state index in [1.54, 1.807) is 25.1 Å². The largest absolute Gasteiger partial charge is 0.469 e. The smallest absolute Gasteiger partial charge is 0.305 e. The van der Waals surface area contributed by atoms with Crippen molar-refractivity contribution < 1.29 is 17.9 Å². The van der Waals surface area contributed by atoms with Crippen LogP contribution in [-0.2, 0) is 19.6 Å². The summed E-state index contributed by atoms with van der Waals surface area (Å²) < 4.78 is 30.8. The maximum absolute atomic E-state index is 12.0. The van der Waals surface area contributed by atoms with Crippen molar-refractivity contribution in [2.24, 2.45) is 0 Å². The highest BCUT2D eigenvalue weighted by atomic mass is 32.2. The molecule has 0 radical (unpaired) electrons. The molecule has 0 amide bonds. The van der Waals surface area contributed by atoms with E-state index in [1.807, 2.05) is 0 Å². The first-order valence-electron chi connectivity index (χ1n) is 7.96. The number of carbonyl (C=O) groups excluding carboxylic acids is 1. The first-order chi connectivity index (χ1) is 11.8. The van der Waals surface area contributed by atoms with Crippen molar-refractivity contribution in [1.82, 2.24) is 10.0 Å². The van der Waals surface area contributed by atoms with E-state index in [1.165, 1.54) is 14.2 Å². The first-order valence-corrected chi connectivity index (χ1v) is 9.85. The molecule has 3 N–H and O–H groups in total. The van der Waals surface area contributed by atoms with E-state index in [9.17, 15) is 13.2 Å². The zero-order chi connectivity index (χ0) is 18.9. The monoisotopic (exact) mass is 387 g/mol. The lowest BCUT2D eigenvalue weighted by Crippen LogP contribution is -2.29. The van der Waals surface area contributed by atoms with Crippen LogP contribution in [0.25, 0.3) is 0 Å². The van der Waals surface area contributed by atoms with Gasteiger partial charge in [0.1, 0.15) is 0 Å². The van der Waals surface area contributed by atoms with Crippen molar-refractivity contribution >= 4 is 39.0 Å². The molecule has 0 saturated heterocycles. The van der Waals surface area contributed by atoms with E-state index in [2.05, 4.69) is 20.1 Å². The van der Waals surface area contributed by atoms with Crippen LogP contribution in [0.1, 0.15) is 31.2 Å². The van der Waals surface area contributed by atoms with Gasteiger partial charge < -0.3 is 15.4 Å². The van der Waals surface area contributed by atoms with Crippen molar-refractivity contribution in [3.63, 3.8) is 0 Å². The zero-order valence-corrected chi connectivity index (χ0v) is 16.4. The summed E-state index contributed by atoms with van der Waals surface area (Å²) in [5.41, 5.74) is 1.26. The summed E-state index contributed by atoms with van der Waals surface area (Å²) >= 11 is 5.21. The highest BCUT2D eigenvalue weighted by molar-refractivity contribution is 7.89. The van der Waals surface area contributed by atoms with Crippen LogP contribution in [0, 0.1) is 6.92 Å². The Labute approximate surface area is 154 Å². The van der Waals surface area contributed by atoms with E-state index in [-0.39, 0.29) is 10.9 Å². The third kappa shape index (κ3) is 7.37. The number of carbonyl (C=O) groups is 1. The van der Waals surface area contributed by atoms with E-state index >= 15 is 0 Å². The van der Waals surface area contributed by atoms with Crippen LogP contribution < -0.4 is 15.4 Å². The Hall–Kier alpha value is -1.71. The summed E-state index contributed by atoms with van der Waals surface area (Å²) in [6.45, 7) is 2.40. The Morgan fingerprint density at radius 2 is 1.96 bits per heavy atom. The predicted octanol–water partition coefficient (Wildman–Crippen LogP) is 1.92. The molecule has 25 heavy (non-hydrogen) atoms. The molecule has 1 aromatic rings. The number of thiocarbonyl (C=S) groups is 1. The normalized spacial score (nSPS) is 11.0. The lowest BCUT2D eigenvalue weighted by atomic mass is 10.2. The molecule has 0 atom stereocenters. The molecular weight excluding hydrogens is 362 g/mol. The SMILES string of the molecule is CNS(=O)(=O)c1cc(NC(=S)NCCCCCC(=O)OC)ccc1C. The summed E-state index contributed by atoms with van der Waals surface area (Å²) in [6.07, 6.45) is 2.95. The number of aryl methyl sites for hydroxylation is 1. The van der Waals surface area contributed by atoms with Crippen LogP contribution in [0.4, 0.5) is 5.69 Å². The summed E-state index contributed by atoms with van der Waals surface area (Å²) in [6, 6.07) is 5.04. The van der Waals surface area contributed by atoms with Crippen LogP contribution >= 0.6 is 12.2 Å². The van der Waals surface area contributed by atoms with Gasteiger partial charge in [0.25, 0.3) is 0 Å². The maximum atomic E-state index is 12.0. The quantitative estimate of drug-likeness (QED) is 0.338. The predicted molar refractivity (Wildman–Crippen MR) is 102 cm³/mol. The van der Waals surface area contributed by atoms with Crippen LogP contribution in [-0.4, -0.2) is 40.2 Å². The van der Waals surface area contributed by atoms with Gasteiger partial charge in [-0.1, -0.05) is 12.5 Å². The van der Waals surface area contributed by atoms with Crippen molar-refractivity contribution in [3.8, 4) is 0 Å². The second-order valence-corrected chi connectivity index (χ2v) is 7.72. The number of esters is 1. The second-order valence-electron chi connectivity index (χ2n) is 5.46. The van der Waals surface area contributed by atoms with Gasteiger partial charge in [0.2, 0.25) is 10.0 Å². The fraction of sp³-hybridized carbons (Fsp3) is 0.500. The lowest BCUT2D eigenvalue weighted by molar-refractivity contribution is -0.140. The number of ether oxygens (including phenoxy) is 1. The van der Waals surface area contributed by atoms with E-state index < -0.39 is 10.0 Å². The molecule has 140 valence electrons. The number of sulfonamides is 1. The van der Waals surface area contributed by atoms with Gasteiger partial charge in [-0.2, -0.15) is 0 Å². The summed E-state index contributed by atoms with van der Waals surface area (Å²) in [5, 5.41) is 6.46. The van der Waals surface area contributed by atoms with Crippen LogP contribution in [0.2, 0.25) is 0 Å². The van der Waals surface area contributed by atoms with Gasteiger partial charge in [-0.05, 0) is 56.7 Å². The molecule has 0 aliphatic heterocycles. The van der Waals surface area contributed by atoms with Gasteiger partial charge in [-0.15, -0.1) is 0 Å². The van der Waals surface area contributed by atoms with Gasteiger partial charge in [-0.25, -0.2) is 13.1 Å². The topological polar surface area (TPSA) is 96.5 Å². The molecule has 0 aliphatic rings. The molecule has 1 aromatic carbocycles. The first kappa shape index (κ1) is 21.3. The molecular formula is C16H25N3O4S2. The third-order valence-corrected chi connectivity index (χ3v) is 5.38. The number of benzene rings is 1. The van der Waals surface area contributed by atoms with Crippen molar-refractivity contribution in [2.75, 3.05) is 26.0 Å². The van der Waals surface area contributed by atoms with Gasteiger partial charge in [0.15, 0.2) is 5.11 Å². The molecule has 9 heteroatoms. The second kappa shape index (κ2) is 10.3. The van der Waals surface area contributed by atoms with E-state index in [0.29, 0.717) is 29.3 Å². The Bertz CT molecular complexity index is 705. The Morgan fingerprint density at radius 3 is 2.60 bits per heavy atom. The molecule has 1 rings (SSSR count). The molecule has 0 heterocycles. The summed E-state index contributed by atoms with van der Waals surface area (Å²) in [5.74, 6) is -0.197. The minimum atomic E-state index is -3.52. The fourth-order valence-electron chi connectivity index (χ4n) is 2.13. The van der Waals surface area contributed by atoms with Gasteiger partial charge in [0.05, 0.1) is 12.0 Å². The number of nitrogens with one attached hydrogen (secondary N) is 3. The maximum Gasteiger partial charge on any atom is 0.305 e. The number of anilines is 1. The Balaban J connectivity index is 2.45. The summed E-state index contributed by atoms with van der Waals surface area (Å²) in [4.78, 5) is 11.2. The highest BCUT2D eigenvalue weighted by Gasteiger charge is 2.15. The minimum Gasteiger partial charge on any atom is -0.469 e. The van der Waals surface area contributed by atoms with Crippen molar-refractivity contribution in [2.45, 2.75) is 37.5 Å². The minimum absolute atomic E-state index is 0.197. The Morgan fingerprint density at radius 1 is 1.24 bits per heavy atom. The van der Waals surface area contributed by atoms with Gasteiger partial charge in [0, 0.05) is 18.7 Å². The number of rotatable bonds is 9. The third-order valence-electron chi connectivity index (χ3n) is 3.58. The van der Waals surface area contributed by atoms with Gasteiger partial charge >= 0.3 is 5.97 Å². The standard InChI is InChI=1S/C16H25N3O4S2/c1-12-8-9-13(11-14(12)25(21,22)17-2)19-16(24)18-10-6-4-5-7-15(20)23-3/h8-9,11,17H,4-7,10H2,1-3H3,(H2,18,19,24). The number of hydrogen-bond donors (Lipinski definition) is 3. The average molecular weight is 388 g/mol. The fourth-order valence-corrected chi connectivity index (χ4v) is 3.34. The number of methoxy groups -OCH3 is 1. The highest BCUT2D eigenvalue weighted by Crippen LogP contribution is 2.19. The van der Waals surface area contributed by atoms with Crippen LogP contribution in [0.15, 0.2) is 23.1 Å². The molecule has 7 nitrogen and oxygen atoms in total. The van der Waals surface area contributed by atoms with E-state index in [4.69, 9.17) is 12.2 Å². The van der Waals surface area contributed by atoms with E-state index in [0.717, 1.165) is 19.3 Å².